The smallest absolute Gasteiger partial charge is 0.242 e. The summed E-state index contributed by atoms with van der Waals surface area (Å²) in [6, 6.07) is 5.92. The van der Waals surface area contributed by atoms with Crippen molar-refractivity contribution in [2.75, 3.05) is 14.1 Å². The summed E-state index contributed by atoms with van der Waals surface area (Å²) in [7, 11) is -0.454. The lowest BCUT2D eigenvalue weighted by Gasteiger charge is -2.14. The zero-order valence-electron chi connectivity index (χ0n) is 13.9. The second-order valence-corrected chi connectivity index (χ2v) is 8.04. The van der Waals surface area contributed by atoms with Gasteiger partial charge >= 0.3 is 0 Å². The summed E-state index contributed by atoms with van der Waals surface area (Å²) < 4.78 is 25.0. The fourth-order valence-electron chi connectivity index (χ4n) is 1.93. The van der Waals surface area contributed by atoms with Gasteiger partial charge in [-0.05, 0) is 30.0 Å². The SMILES string of the molecule is CC(C)C[C@H](N)C(=O)NCc1ccc(S(=O)(=O)N(C)C)cc1.Cl. The summed E-state index contributed by atoms with van der Waals surface area (Å²) in [6.07, 6.45) is 0.631. The van der Waals surface area contributed by atoms with E-state index in [1.54, 1.807) is 12.1 Å². The maximum Gasteiger partial charge on any atom is 0.242 e. The van der Waals surface area contributed by atoms with Gasteiger partial charge in [0, 0.05) is 20.6 Å². The van der Waals surface area contributed by atoms with Crippen LogP contribution in [0.4, 0.5) is 0 Å². The molecule has 1 aromatic rings. The summed E-state index contributed by atoms with van der Waals surface area (Å²) in [5.41, 5.74) is 6.62. The Labute approximate surface area is 144 Å². The van der Waals surface area contributed by atoms with Crippen molar-refractivity contribution < 1.29 is 13.2 Å². The minimum atomic E-state index is -3.43. The summed E-state index contributed by atoms with van der Waals surface area (Å²) in [5, 5.41) is 2.76. The van der Waals surface area contributed by atoms with Gasteiger partial charge in [-0.3, -0.25) is 4.79 Å². The Morgan fingerprint density at radius 1 is 1.22 bits per heavy atom. The van der Waals surface area contributed by atoms with Crippen LogP contribution in [0.3, 0.4) is 0 Å². The number of halogens is 1. The number of nitrogens with one attached hydrogen (secondary N) is 1. The van der Waals surface area contributed by atoms with E-state index in [4.69, 9.17) is 5.73 Å². The molecule has 0 aliphatic carbocycles. The normalized spacial score (nSPS) is 12.8. The molecular weight excluding hydrogens is 338 g/mol. The fourth-order valence-corrected chi connectivity index (χ4v) is 2.83. The molecule has 6 nitrogen and oxygen atoms in total. The van der Waals surface area contributed by atoms with Crippen molar-refractivity contribution in [3.8, 4) is 0 Å². The number of sulfonamides is 1. The molecule has 1 amide bonds. The topological polar surface area (TPSA) is 92.5 Å². The molecule has 1 atom stereocenters. The number of rotatable bonds is 7. The Bertz CT molecular complexity index is 601. The molecule has 8 heteroatoms. The molecule has 0 saturated carbocycles. The van der Waals surface area contributed by atoms with E-state index in [1.807, 2.05) is 13.8 Å². The summed E-state index contributed by atoms with van der Waals surface area (Å²) in [4.78, 5) is 12.1. The minimum Gasteiger partial charge on any atom is -0.351 e. The molecule has 132 valence electrons. The molecule has 0 saturated heterocycles. The van der Waals surface area contributed by atoms with Crippen LogP contribution in [0.25, 0.3) is 0 Å². The molecule has 0 bridgehead atoms. The second kappa shape index (κ2) is 9.22. The largest absolute Gasteiger partial charge is 0.351 e. The maximum absolute atomic E-state index is 11.9. The first-order valence-electron chi connectivity index (χ1n) is 7.19. The van der Waals surface area contributed by atoms with Crippen molar-refractivity contribution in [1.82, 2.24) is 9.62 Å². The number of nitrogens with two attached hydrogens (primary N) is 1. The molecule has 0 spiro atoms. The van der Waals surface area contributed by atoms with Crippen LogP contribution in [0.2, 0.25) is 0 Å². The van der Waals surface area contributed by atoms with Crippen LogP contribution in [0.15, 0.2) is 29.2 Å². The number of carbonyl (C=O) groups is 1. The molecule has 0 radical (unpaired) electrons. The van der Waals surface area contributed by atoms with E-state index in [1.165, 1.54) is 26.2 Å². The first-order chi connectivity index (χ1) is 10.1. The standard InChI is InChI=1S/C15H25N3O3S.ClH/c1-11(2)9-14(16)15(19)17-10-12-5-7-13(8-6-12)22(20,21)18(3)4;/h5-8,11,14H,9-10,16H2,1-4H3,(H,17,19);1H/t14-;/m0./s1. The van der Waals surface area contributed by atoms with Gasteiger partial charge in [0.2, 0.25) is 15.9 Å². The van der Waals surface area contributed by atoms with Gasteiger partial charge in [-0.1, -0.05) is 26.0 Å². The number of amides is 1. The molecule has 23 heavy (non-hydrogen) atoms. The van der Waals surface area contributed by atoms with E-state index in [9.17, 15) is 13.2 Å². The van der Waals surface area contributed by atoms with Gasteiger partial charge in [0.15, 0.2) is 0 Å². The molecule has 3 N–H and O–H groups in total. The molecule has 0 fully saturated rings. The Kier molecular flexibility index (Phi) is 8.76. The highest BCUT2D eigenvalue weighted by atomic mass is 35.5. The molecule has 1 aromatic carbocycles. The number of carbonyl (C=O) groups excluding carboxylic acids is 1. The zero-order chi connectivity index (χ0) is 16.9. The van der Waals surface area contributed by atoms with Gasteiger partial charge in [-0.2, -0.15) is 0 Å². The van der Waals surface area contributed by atoms with E-state index < -0.39 is 16.1 Å². The van der Waals surface area contributed by atoms with E-state index >= 15 is 0 Å². The molecule has 0 aliphatic rings. The molecule has 0 aliphatic heterocycles. The molecule has 0 aromatic heterocycles. The second-order valence-electron chi connectivity index (χ2n) is 5.89. The van der Waals surface area contributed by atoms with E-state index in [-0.39, 0.29) is 23.2 Å². The van der Waals surface area contributed by atoms with Gasteiger partial charge in [-0.25, -0.2) is 12.7 Å². The third-order valence-electron chi connectivity index (χ3n) is 3.23. The van der Waals surface area contributed by atoms with E-state index in [2.05, 4.69) is 5.32 Å². The number of hydrogen-bond donors (Lipinski definition) is 2. The average Bonchev–Trinajstić information content (AvgIpc) is 2.44. The van der Waals surface area contributed by atoms with Crippen molar-refractivity contribution in [1.29, 1.82) is 0 Å². The Morgan fingerprint density at radius 3 is 2.17 bits per heavy atom. The highest BCUT2D eigenvalue weighted by Gasteiger charge is 2.17. The fraction of sp³-hybridized carbons (Fsp3) is 0.533. The Hall–Kier alpha value is -1.15. The van der Waals surface area contributed by atoms with Crippen LogP contribution in [-0.4, -0.2) is 38.8 Å². The van der Waals surface area contributed by atoms with Crippen molar-refractivity contribution >= 4 is 28.3 Å². The average molecular weight is 364 g/mol. The summed E-state index contributed by atoms with van der Waals surface area (Å²) >= 11 is 0. The van der Waals surface area contributed by atoms with Gasteiger partial charge in [-0.15, -0.1) is 12.4 Å². The van der Waals surface area contributed by atoms with Crippen LogP contribution in [0.5, 0.6) is 0 Å². The lowest BCUT2D eigenvalue weighted by atomic mass is 10.0. The van der Waals surface area contributed by atoms with Gasteiger partial charge in [0.05, 0.1) is 10.9 Å². The van der Waals surface area contributed by atoms with Crippen LogP contribution >= 0.6 is 12.4 Å². The summed E-state index contributed by atoms with van der Waals surface area (Å²) in [6.45, 7) is 4.35. The number of nitrogens with zero attached hydrogens (tertiary/aromatic N) is 1. The number of benzene rings is 1. The van der Waals surface area contributed by atoms with Crippen LogP contribution in [0.1, 0.15) is 25.8 Å². The van der Waals surface area contributed by atoms with Crippen molar-refractivity contribution in [3.63, 3.8) is 0 Å². The zero-order valence-corrected chi connectivity index (χ0v) is 15.6. The van der Waals surface area contributed by atoms with Crippen molar-refractivity contribution in [2.24, 2.45) is 11.7 Å². The third-order valence-corrected chi connectivity index (χ3v) is 5.06. The Balaban J connectivity index is 0.00000484. The quantitative estimate of drug-likeness (QED) is 0.764. The van der Waals surface area contributed by atoms with Crippen molar-refractivity contribution in [2.45, 2.75) is 37.8 Å². The lowest BCUT2D eigenvalue weighted by molar-refractivity contribution is -0.122. The summed E-state index contributed by atoms with van der Waals surface area (Å²) in [5.74, 6) is 0.162. The molecule has 0 heterocycles. The maximum atomic E-state index is 11.9. The third kappa shape index (κ3) is 6.47. The monoisotopic (exact) mass is 363 g/mol. The highest BCUT2D eigenvalue weighted by molar-refractivity contribution is 7.89. The van der Waals surface area contributed by atoms with Gasteiger partial charge in [0.1, 0.15) is 0 Å². The highest BCUT2D eigenvalue weighted by Crippen LogP contribution is 2.14. The minimum absolute atomic E-state index is 0. The van der Waals surface area contributed by atoms with Crippen LogP contribution in [-0.2, 0) is 21.4 Å². The molecule has 1 rings (SSSR count). The Morgan fingerprint density at radius 2 is 1.74 bits per heavy atom. The van der Waals surface area contributed by atoms with Gasteiger partial charge < -0.3 is 11.1 Å². The predicted octanol–water partition coefficient (Wildman–Crippen LogP) is 1.35. The van der Waals surface area contributed by atoms with E-state index in [0.717, 1.165) is 9.87 Å². The lowest BCUT2D eigenvalue weighted by Crippen LogP contribution is -2.41. The van der Waals surface area contributed by atoms with E-state index in [0.29, 0.717) is 18.9 Å². The first kappa shape index (κ1) is 21.9. The van der Waals surface area contributed by atoms with Crippen molar-refractivity contribution in [3.05, 3.63) is 29.8 Å². The predicted molar refractivity (Wildman–Crippen MR) is 93.8 cm³/mol. The number of hydrogen-bond acceptors (Lipinski definition) is 4. The van der Waals surface area contributed by atoms with Crippen LogP contribution in [0, 0.1) is 5.92 Å². The van der Waals surface area contributed by atoms with Crippen LogP contribution < -0.4 is 11.1 Å². The molecular formula is C15H26ClN3O3S. The van der Waals surface area contributed by atoms with Gasteiger partial charge in [0.25, 0.3) is 0 Å². The first-order valence-corrected chi connectivity index (χ1v) is 8.63. The molecule has 0 unspecified atom stereocenters.